The van der Waals surface area contributed by atoms with Gasteiger partial charge in [0, 0.05) is 6.42 Å². The summed E-state index contributed by atoms with van der Waals surface area (Å²) in [5.41, 5.74) is 0.411. The summed E-state index contributed by atoms with van der Waals surface area (Å²) >= 11 is 5.72. The molecular formula is C14H16ClFN2O2. The Labute approximate surface area is 121 Å². The Bertz CT molecular complexity index is 586. The lowest BCUT2D eigenvalue weighted by molar-refractivity contribution is 0.116. The zero-order valence-corrected chi connectivity index (χ0v) is 12.1. The minimum Gasteiger partial charge on any atom is -0.392 e. The molecule has 0 bridgehead atoms. The third-order valence-corrected chi connectivity index (χ3v) is 3.34. The van der Waals surface area contributed by atoms with Crippen molar-refractivity contribution in [3.63, 3.8) is 0 Å². The second-order valence-corrected chi connectivity index (χ2v) is 5.42. The molecule has 1 heterocycles. The maximum Gasteiger partial charge on any atom is 0.229 e. The van der Waals surface area contributed by atoms with Crippen LogP contribution >= 0.6 is 11.6 Å². The van der Waals surface area contributed by atoms with Gasteiger partial charge in [0.15, 0.2) is 5.82 Å². The third-order valence-electron chi connectivity index (χ3n) is 3.04. The van der Waals surface area contributed by atoms with Crippen molar-refractivity contribution in [3.8, 4) is 0 Å². The van der Waals surface area contributed by atoms with Gasteiger partial charge in [0.25, 0.3) is 0 Å². The molecule has 4 nitrogen and oxygen atoms in total. The van der Waals surface area contributed by atoms with E-state index in [1.165, 1.54) is 6.07 Å². The molecule has 0 spiro atoms. The number of hydrogen-bond donors (Lipinski definition) is 1. The van der Waals surface area contributed by atoms with E-state index in [4.69, 9.17) is 16.1 Å². The van der Waals surface area contributed by atoms with E-state index in [-0.39, 0.29) is 17.4 Å². The number of aromatic nitrogens is 2. The first-order valence-electron chi connectivity index (χ1n) is 6.39. The molecule has 6 heteroatoms. The lowest BCUT2D eigenvalue weighted by atomic mass is 10.0. The fourth-order valence-electron chi connectivity index (χ4n) is 1.71. The van der Waals surface area contributed by atoms with Gasteiger partial charge in [-0.25, -0.2) is 4.39 Å². The summed E-state index contributed by atoms with van der Waals surface area (Å²) in [5, 5.41) is 13.6. The maximum atomic E-state index is 13.8. The Morgan fingerprint density at radius 2 is 2.15 bits per heavy atom. The van der Waals surface area contributed by atoms with Gasteiger partial charge >= 0.3 is 0 Å². The molecule has 0 saturated carbocycles. The Balaban J connectivity index is 2.08. The zero-order valence-electron chi connectivity index (χ0n) is 11.3. The number of benzene rings is 1. The highest BCUT2D eigenvalue weighted by Crippen LogP contribution is 2.20. The van der Waals surface area contributed by atoms with E-state index in [1.807, 2.05) is 13.8 Å². The summed E-state index contributed by atoms with van der Waals surface area (Å²) in [5.74, 6) is 0.360. The SMILES string of the molecule is CC(C)C(O)Cc1nc(Cc2cccc(Cl)c2F)no1. The van der Waals surface area contributed by atoms with Crippen molar-refractivity contribution in [2.45, 2.75) is 32.8 Å². The van der Waals surface area contributed by atoms with Gasteiger partial charge in [-0.2, -0.15) is 4.98 Å². The molecule has 0 aliphatic carbocycles. The van der Waals surface area contributed by atoms with Crippen LogP contribution in [0.25, 0.3) is 0 Å². The largest absolute Gasteiger partial charge is 0.392 e. The van der Waals surface area contributed by atoms with Crippen molar-refractivity contribution in [1.29, 1.82) is 0 Å². The third kappa shape index (κ3) is 3.55. The Hall–Kier alpha value is -1.46. The van der Waals surface area contributed by atoms with Crippen LogP contribution in [-0.2, 0) is 12.8 Å². The van der Waals surface area contributed by atoms with Gasteiger partial charge in [0.2, 0.25) is 5.89 Å². The number of hydrogen-bond acceptors (Lipinski definition) is 4. The molecular weight excluding hydrogens is 283 g/mol. The molecule has 108 valence electrons. The van der Waals surface area contributed by atoms with Gasteiger partial charge in [-0.1, -0.05) is 42.7 Å². The molecule has 0 saturated heterocycles. The van der Waals surface area contributed by atoms with Crippen LogP contribution in [0, 0.1) is 11.7 Å². The van der Waals surface area contributed by atoms with Gasteiger partial charge in [-0.15, -0.1) is 0 Å². The zero-order chi connectivity index (χ0) is 14.7. The van der Waals surface area contributed by atoms with E-state index in [0.717, 1.165) is 0 Å². The summed E-state index contributed by atoms with van der Waals surface area (Å²) in [7, 11) is 0. The predicted molar refractivity (Wildman–Crippen MR) is 73.1 cm³/mol. The molecule has 1 N–H and O–H groups in total. The van der Waals surface area contributed by atoms with E-state index >= 15 is 0 Å². The van der Waals surface area contributed by atoms with Crippen LogP contribution < -0.4 is 0 Å². The molecule has 0 aliphatic rings. The molecule has 1 unspecified atom stereocenters. The predicted octanol–water partition coefficient (Wildman–Crippen LogP) is 3.01. The van der Waals surface area contributed by atoms with Crippen molar-refractivity contribution in [1.82, 2.24) is 10.1 Å². The molecule has 1 aromatic carbocycles. The summed E-state index contributed by atoms with van der Waals surface area (Å²) in [6.45, 7) is 3.81. The average Bonchev–Trinajstić information content (AvgIpc) is 2.82. The first-order valence-corrected chi connectivity index (χ1v) is 6.77. The molecule has 0 radical (unpaired) electrons. The van der Waals surface area contributed by atoms with Gasteiger partial charge in [0.1, 0.15) is 5.82 Å². The van der Waals surface area contributed by atoms with Crippen molar-refractivity contribution in [2.24, 2.45) is 5.92 Å². The topological polar surface area (TPSA) is 59.2 Å². The lowest BCUT2D eigenvalue weighted by Crippen LogP contribution is -2.17. The van der Waals surface area contributed by atoms with Gasteiger partial charge in [0.05, 0.1) is 17.5 Å². The molecule has 2 aromatic rings. The van der Waals surface area contributed by atoms with Gasteiger partial charge in [-0.05, 0) is 17.5 Å². The fourth-order valence-corrected chi connectivity index (χ4v) is 1.91. The summed E-state index contributed by atoms with van der Waals surface area (Å²) in [4.78, 5) is 4.15. The highest BCUT2D eigenvalue weighted by Gasteiger charge is 2.16. The van der Waals surface area contributed by atoms with Gasteiger partial charge < -0.3 is 9.63 Å². The lowest BCUT2D eigenvalue weighted by Gasteiger charge is -2.10. The van der Waals surface area contributed by atoms with Crippen LogP contribution in [0.4, 0.5) is 4.39 Å². The average molecular weight is 299 g/mol. The summed E-state index contributed by atoms with van der Waals surface area (Å²) in [6, 6.07) is 4.78. The number of rotatable bonds is 5. The van der Waals surface area contributed by atoms with E-state index in [2.05, 4.69) is 10.1 Å². The standard InChI is InChI=1S/C14H16ClFN2O2/c1-8(2)11(19)7-13-17-12(18-20-13)6-9-4-3-5-10(15)14(9)16/h3-5,8,11,19H,6-7H2,1-2H3. The second-order valence-electron chi connectivity index (χ2n) is 5.01. The highest BCUT2D eigenvalue weighted by molar-refractivity contribution is 6.30. The van der Waals surface area contributed by atoms with Crippen LogP contribution in [0.2, 0.25) is 5.02 Å². The maximum absolute atomic E-state index is 13.8. The molecule has 1 aromatic heterocycles. The molecule has 1 atom stereocenters. The van der Waals surface area contributed by atoms with E-state index in [9.17, 15) is 9.50 Å². The number of halogens is 2. The summed E-state index contributed by atoms with van der Waals surface area (Å²) in [6.07, 6.45) is -0.0395. The minimum absolute atomic E-state index is 0.0708. The van der Waals surface area contributed by atoms with Crippen LogP contribution in [0.15, 0.2) is 22.7 Å². The molecule has 2 rings (SSSR count). The van der Waals surface area contributed by atoms with E-state index < -0.39 is 11.9 Å². The molecule has 20 heavy (non-hydrogen) atoms. The monoisotopic (exact) mass is 298 g/mol. The van der Waals surface area contributed by atoms with Crippen LogP contribution in [-0.4, -0.2) is 21.4 Å². The van der Waals surface area contributed by atoms with E-state index in [1.54, 1.807) is 12.1 Å². The number of aliphatic hydroxyl groups is 1. The Kier molecular flexibility index (Phi) is 4.73. The van der Waals surface area contributed by atoms with Crippen molar-refractivity contribution in [3.05, 3.63) is 46.3 Å². The van der Waals surface area contributed by atoms with Crippen molar-refractivity contribution >= 4 is 11.6 Å². The minimum atomic E-state index is -0.536. The second kappa shape index (κ2) is 6.33. The first kappa shape index (κ1) is 14.9. The quantitative estimate of drug-likeness (QED) is 0.922. The summed E-state index contributed by atoms with van der Waals surface area (Å²) < 4.78 is 18.8. The normalized spacial score (nSPS) is 12.9. The van der Waals surface area contributed by atoms with E-state index in [0.29, 0.717) is 23.7 Å². The Morgan fingerprint density at radius 3 is 2.85 bits per heavy atom. The smallest absolute Gasteiger partial charge is 0.229 e. The molecule has 0 aliphatic heterocycles. The van der Waals surface area contributed by atoms with Crippen LogP contribution in [0.5, 0.6) is 0 Å². The van der Waals surface area contributed by atoms with Crippen molar-refractivity contribution in [2.75, 3.05) is 0 Å². The first-order chi connectivity index (χ1) is 9.47. The van der Waals surface area contributed by atoms with Crippen molar-refractivity contribution < 1.29 is 14.0 Å². The highest BCUT2D eigenvalue weighted by atomic mass is 35.5. The molecule has 0 amide bonds. The van der Waals surface area contributed by atoms with Crippen LogP contribution in [0.1, 0.15) is 31.1 Å². The fraction of sp³-hybridized carbons (Fsp3) is 0.429. The number of aliphatic hydroxyl groups excluding tert-OH is 1. The van der Waals surface area contributed by atoms with Crippen LogP contribution in [0.3, 0.4) is 0 Å². The number of nitrogens with zero attached hydrogens (tertiary/aromatic N) is 2. The molecule has 0 fully saturated rings. The van der Waals surface area contributed by atoms with Gasteiger partial charge in [-0.3, -0.25) is 0 Å². The Morgan fingerprint density at radius 1 is 1.40 bits per heavy atom.